The zero-order valence-electron chi connectivity index (χ0n) is 7.72. The summed E-state index contributed by atoms with van der Waals surface area (Å²) in [5, 5.41) is 0. The summed E-state index contributed by atoms with van der Waals surface area (Å²) in [5.41, 5.74) is 0. The maximum Gasteiger partial charge on any atom is 0.239 e. The van der Waals surface area contributed by atoms with Gasteiger partial charge in [-0.1, -0.05) is 21.9 Å². The van der Waals surface area contributed by atoms with Crippen LogP contribution in [0, 0.1) is 12.3 Å². The lowest BCUT2D eigenvalue weighted by Gasteiger charge is -2.25. The molecule has 0 saturated carbocycles. The molecule has 0 spiro atoms. The van der Waals surface area contributed by atoms with Crippen LogP contribution in [0.4, 0.5) is 0 Å². The molecule has 0 atom stereocenters. The summed E-state index contributed by atoms with van der Waals surface area (Å²) in [6.07, 6.45) is 5.13. The van der Waals surface area contributed by atoms with Crippen LogP contribution in [0.3, 0.4) is 0 Å². The minimum absolute atomic E-state index is 0.0305. The zero-order chi connectivity index (χ0) is 9.78. The molecule has 0 aliphatic rings. The Balaban J connectivity index is 4.34. The molecule has 2 nitrogen and oxygen atoms in total. The molecule has 0 saturated heterocycles. The van der Waals surface area contributed by atoms with E-state index in [9.17, 15) is 4.79 Å². The molecule has 0 aromatic heterocycles. The van der Waals surface area contributed by atoms with E-state index in [0.717, 1.165) is 0 Å². The van der Waals surface area contributed by atoms with Gasteiger partial charge in [0, 0.05) is 6.54 Å². The molecule has 0 aromatic carbocycles. The number of carbonyl (C=O) groups is 1. The van der Waals surface area contributed by atoms with Gasteiger partial charge in [-0.15, -0.1) is 6.42 Å². The highest BCUT2D eigenvalue weighted by molar-refractivity contribution is 9.10. The van der Waals surface area contributed by atoms with E-state index in [1.54, 1.807) is 4.90 Å². The highest BCUT2D eigenvalue weighted by atomic mass is 79.9. The molecule has 0 radical (unpaired) electrons. The van der Waals surface area contributed by atoms with Gasteiger partial charge in [-0.2, -0.15) is 0 Å². The van der Waals surface area contributed by atoms with E-state index in [1.165, 1.54) is 0 Å². The summed E-state index contributed by atoms with van der Waals surface area (Å²) in [5.74, 6) is 2.49. The topological polar surface area (TPSA) is 20.3 Å². The first-order valence-corrected chi connectivity index (χ1v) is 4.64. The van der Waals surface area contributed by atoms with Crippen LogP contribution in [0.5, 0.6) is 0 Å². The fourth-order valence-electron chi connectivity index (χ4n) is 0.813. The summed E-state index contributed by atoms with van der Waals surface area (Å²) in [7, 11) is 0. The molecule has 0 aliphatic heterocycles. The fraction of sp³-hybridized carbons (Fsp3) is 0.667. The third-order valence-electron chi connectivity index (χ3n) is 1.46. The molecule has 0 aromatic rings. The Morgan fingerprint density at radius 1 is 1.67 bits per heavy atom. The maximum atomic E-state index is 11.6. The molecular weight excluding hydrogens is 218 g/mol. The fourth-order valence-corrected chi connectivity index (χ4v) is 1.06. The lowest BCUT2D eigenvalue weighted by molar-refractivity contribution is -0.131. The largest absolute Gasteiger partial charge is 0.331 e. The minimum Gasteiger partial charge on any atom is -0.331 e. The van der Waals surface area contributed by atoms with Gasteiger partial charge in [0.25, 0.3) is 0 Å². The van der Waals surface area contributed by atoms with Crippen LogP contribution in [-0.4, -0.2) is 28.2 Å². The molecule has 0 aliphatic carbocycles. The third kappa shape index (κ3) is 3.27. The molecule has 68 valence electrons. The van der Waals surface area contributed by atoms with E-state index in [0.29, 0.717) is 13.1 Å². The van der Waals surface area contributed by atoms with E-state index < -0.39 is 4.32 Å². The number of alkyl halides is 1. The second-order valence-corrected chi connectivity index (χ2v) is 4.98. The van der Waals surface area contributed by atoms with Crippen molar-refractivity contribution in [3.05, 3.63) is 0 Å². The lowest BCUT2D eigenvalue weighted by Crippen LogP contribution is -2.41. The Hall–Kier alpha value is -0.490. The van der Waals surface area contributed by atoms with Crippen molar-refractivity contribution in [1.82, 2.24) is 4.90 Å². The normalized spacial score (nSPS) is 10.6. The van der Waals surface area contributed by atoms with Crippen molar-refractivity contribution in [2.24, 2.45) is 0 Å². The molecule has 0 heterocycles. The quantitative estimate of drug-likeness (QED) is 0.535. The van der Waals surface area contributed by atoms with Gasteiger partial charge in [-0.05, 0) is 20.8 Å². The van der Waals surface area contributed by atoms with Crippen molar-refractivity contribution in [2.45, 2.75) is 25.1 Å². The second-order valence-electron chi connectivity index (χ2n) is 3.00. The molecular formula is C9H14BrNO. The molecule has 0 fully saturated rings. The average Bonchev–Trinajstić information content (AvgIpc) is 1.97. The predicted octanol–water partition coefficient (Wildman–Crippen LogP) is 1.64. The summed E-state index contributed by atoms with van der Waals surface area (Å²) in [6, 6.07) is 0. The van der Waals surface area contributed by atoms with Crippen LogP contribution < -0.4 is 0 Å². The Bertz CT molecular complexity index is 200. The van der Waals surface area contributed by atoms with Crippen molar-refractivity contribution in [3.63, 3.8) is 0 Å². The average molecular weight is 232 g/mol. The van der Waals surface area contributed by atoms with Gasteiger partial charge in [0.05, 0.1) is 10.9 Å². The third-order valence-corrected chi connectivity index (χ3v) is 1.80. The number of nitrogens with zero attached hydrogens (tertiary/aromatic N) is 1. The smallest absolute Gasteiger partial charge is 0.239 e. The van der Waals surface area contributed by atoms with Crippen LogP contribution in [-0.2, 0) is 4.79 Å². The lowest BCUT2D eigenvalue weighted by atomic mass is 10.2. The standard InChI is InChI=1S/C9H14BrNO/c1-5-7-11(6-2)8(12)9(3,4)10/h1H,6-7H2,2-4H3. The first-order chi connectivity index (χ1) is 5.43. The molecule has 0 unspecified atom stereocenters. The molecule has 0 rings (SSSR count). The second kappa shape index (κ2) is 4.51. The molecule has 0 bridgehead atoms. The van der Waals surface area contributed by atoms with E-state index in [1.807, 2.05) is 20.8 Å². The van der Waals surface area contributed by atoms with Crippen molar-refractivity contribution in [3.8, 4) is 12.3 Å². The monoisotopic (exact) mass is 231 g/mol. The summed E-state index contributed by atoms with van der Waals surface area (Å²) < 4.78 is -0.514. The van der Waals surface area contributed by atoms with Crippen LogP contribution >= 0.6 is 15.9 Å². The van der Waals surface area contributed by atoms with E-state index >= 15 is 0 Å². The number of terminal acetylenes is 1. The first kappa shape index (κ1) is 11.5. The van der Waals surface area contributed by atoms with Gasteiger partial charge in [0.2, 0.25) is 5.91 Å². The van der Waals surface area contributed by atoms with Crippen LogP contribution in [0.2, 0.25) is 0 Å². The highest BCUT2D eigenvalue weighted by Crippen LogP contribution is 2.18. The summed E-state index contributed by atoms with van der Waals surface area (Å²) in [6.45, 7) is 6.57. The van der Waals surface area contributed by atoms with Crippen molar-refractivity contribution < 1.29 is 4.79 Å². The molecule has 12 heavy (non-hydrogen) atoms. The number of rotatable bonds is 3. The first-order valence-electron chi connectivity index (χ1n) is 3.85. The van der Waals surface area contributed by atoms with Crippen LogP contribution in [0.25, 0.3) is 0 Å². The van der Waals surface area contributed by atoms with Gasteiger partial charge in [-0.3, -0.25) is 4.79 Å². The van der Waals surface area contributed by atoms with Crippen LogP contribution in [0.1, 0.15) is 20.8 Å². The number of amides is 1. The predicted molar refractivity (Wildman–Crippen MR) is 54.1 cm³/mol. The number of hydrogen-bond acceptors (Lipinski definition) is 1. The zero-order valence-corrected chi connectivity index (χ0v) is 9.31. The Morgan fingerprint density at radius 2 is 2.17 bits per heavy atom. The van der Waals surface area contributed by atoms with Gasteiger partial charge in [-0.25, -0.2) is 0 Å². The minimum atomic E-state index is -0.514. The number of hydrogen-bond donors (Lipinski definition) is 0. The summed E-state index contributed by atoms with van der Waals surface area (Å²) >= 11 is 3.30. The summed E-state index contributed by atoms with van der Waals surface area (Å²) in [4.78, 5) is 13.2. The van der Waals surface area contributed by atoms with Gasteiger partial charge >= 0.3 is 0 Å². The van der Waals surface area contributed by atoms with Gasteiger partial charge in [0.1, 0.15) is 0 Å². The number of halogens is 1. The Kier molecular flexibility index (Phi) is 4.33. The van der Waals surface area contributed by atoms with Crippen molar-refractivity contribution in [1.29, 1.82) is 0 Å². The van der Waals surface area contributed by atoms with E-state index in [4.69, 9.17) is 6.42 Å². The van der Waals surface area contributed by atoms with E-state index in [2.05, 4.69) is 21.9 Å². The molecule has 0 N–H and O–H groups in total. The van der Waals surface area contributed by atoms with Crippen molar-refractivity contribution >= 4 is 21.8 Å². The van der Waals surface area contributed by atoms with Gasteiger partial charge < -0.3 is 4.90 Å². The van der Waals surface area contributed by atoms with Gasteiger partial charge in [0.15, 0.2) is 0 Å². The maximum absolute atomic E-state index is 11.6. The Labute approximate surface area is 82.4 Å². The highest BCUT2D eigenvalue weighted by Gasteiger charge is 2.27. The molecule has 3 heteroatoms. The molecule has 1 amide bonds. The Morgan fingerprint density at radius 3 is 2.42 bits per heavy atom. The van der Waals surface area contributed by atoms with Crippen molar-refractivity contribution in [2.75, 3.05) is 13.1 Å². The number of carbonyl (C=O) groups excluding carboxylic acids is 1. The van der Waals surface area contributed by atoms with E-state index in [-0.39, 0.29) is 5.91 Å². The van der Waals surface area contributed by atoms with Crippen LogP contribution in [0.15, 0.2) is 0 Å². The SMILES string of the molecule is C#CCN(CC)C(=O)C(C)(C)Br.